The summed E-state index contributed by atoms with van der Waals surface area (Å²) >= 11 is 1.51. The predicted molar refractivity (Wildman–Crippen MR) is 74.9 cm³/mol. The Labute approximate surface area is 117 Å². The van der Waals surface area contributed by atoms with Crippen molar-refractivity contribution in [1.29, 1.82) is 0 Å². The highest BCUT2D eigenvalue weighted by Crippen LogP contribution is 2.26. The zero-order valence-electron chi connectivity index (χ0n) is 11.4. The lowest BCUT2D eigenvalue weighted by Crippen LogP contribution is -2.34. The van der Waals surface area contributed by atoms with Crippen LogP contribution in [0.5, 0.6) is 0 Å². The van der Waals surface area contributed by atoms with Gasteiger partial charge in [-0.1, -0.05) is 0 Å². The van der Waals surface area contributed by atoms with Gasteiger partial charge in [-0.2, -0.15) is 0 Å². The molecule has 0 unspecified atom stereocenters. The molecule has 1 aromatic rings. The van der Waals surface area contributed by atoms with Crippen molar-refractivity contribution in [3.8, 4) is 0 Å². The Bertz CT molecular complexity index is 414. The molecule has 1 fully saturated rings. The highest BCUT2D eigenvalue weighted by atomic mass is 32.1. The fourth-order valence-corrected chi connectivity index (χ4v) is 3.08. The summed E-state index contributed by atoms with van der Waals surface area (Å²) in [5.74, 6) is 0.310. The second kappa shape index (κ2) is 6.86. The van der Waals surface area contributed by atoms with Gasteiger partial charge >= 0.3 is 5.97 Å². The molecule has 6 heteroatoms. The minimum absolute atomic E-state index is 0.334. The van der Waals surface area contributed by atoms with Gasteiger partial charge in [-0.25, -0.2) is 9.78 Å². The molecule has 2 rings (SSSR count). The highest BCUT2D eigenvalue weighted by Gasteiger charge is 2.22. The molecule has 0 amide bonds. The first kappa shape index (κ1) is 14.3. The molecule has 0 saturated carbocycles. The Morgan fingerprint density at radius 1 is 1.53 bits per heavy atom. The van der Waals surface area contributed by atoms with Crippen molar-refractivity contribution in [2.45, 2.75) is 19.8 Å². The quantitative estimate of drug-likeness (QED) is 0.776. The fraction of sp³-hybridized carbons (Fsp3) is 0.692. The van der Waals surface area contributed by atoms with Gasteiger partial charge < -0.3 is 14.4 Å². The maximum atomic E-state index is 11.6. The monoisotopic (exact) mass is 284 g/mol. The maximum Gasteiger partial charge on any atom is 0.357 e. The second-order valence-corrected chi connectivity index (χ2v) is 5.46. The third-order valence-electron chi connectivity index (χ3n) is 3.26. The van der Waals surface area contributed by atoms with Crippen LogP contribution in [0.15, 0.2) is 5.38 Å². The number of carbonyl (C=O) groups excluding carboxylic acids is 1. The standard InChI is InChI=1S/C13H20N2O3S/c1-3-18-12(16)11-9-19-13(14-11)15-6-4-10(5-7-15)8-17-2/h9-10H,3-8H2,1-2H3. The number of esters is 1. The van der Waals surface area contributed by atoms with Gasteiger partial charge in [0.2, 0.25) is 0 Å². The van der Waals surface area contributed by atoms with E-state index in [1.165, 1.54) is 11.3 Å². The van der Waals surface area contributed by atoms with Crippen molar-refractivity contribution < 1.29 is 14.3 Å². The van der Waals surface area contributed by atoms with Crippen molar-refractivity contribution >= 4 is 22.4 Å². The van der Waals surface area contributed by atoms with Crippen LogP contribution in [-0.4, -0.2) is 44.4 Å². The van der Waals surface area contributed by atoms with Crippen LogP contribution >= 0.6 is 11.3 Å². The van der Waals surface area contributed by atoms with Gasteiger partial charge in [0.25, 0.3) is 0 Å². The molecular formula is C13H20N2O3S. The Morgan fingerprint density at radius 2 is 2.26 bits per heavy atom. The van der Waals surface area contributed by atoms with E-state index in [4.69, 9.17) is 9.47 Å². The number of piperidine rings is 1. The van der Waals surface area contributed by atoms with Crippen LogP contribution in [0.3, 0.4) is 0 Å². The van der Waals surface area contributed by atoms with Crippen molar-refractivity contribution in [2.24, 2.45) is 5.92 Å². The van der Waals surface area contributed by atoms with E-state index < -0.39 is 0 Å². The van der Waals surface area contributed by atoms with Gasteiger partial charge in [0, 0.05) is 32.2 Å². The van der Waals surface area contributed by atoms with Crippen LogP contribution in [0.4, 0.5) is 5.13 Å². The smallest absolute Gasteiger partial charge is 0.357 e. The number of aromatic nitrogens is 1. The first-order chi connectivity index (χ1) is 9.24. The molecule has 5 nitrogen and oxygen atoms in total. The summed E-state index contributed by atoms with van der Waals surface area (Å²) in [6.07, 6.45) is 2.23. The Morgan fingerprint density at radius 3 is 2.89 bits per heavy atom. The summed E-state index contributed by atoms with van der Waals surface area (Å²) in [7, 11) is 1.75. The molecule has 0 atom stereocenters. The lowest BCUT2D eigenvalue weighted by atomic mass is 9.98. The van der Waals surface area contributed by atoms with Crippen LogP contribution in [-0.2, 0) is 9.47 Å². The molecule has 19 heavy (non-hydrogen) atoms. The summed E-state index contributed by atoms with van der Waals surface area (Å²) in [5.41, 5.74) is 0.417. The molecule has 1 aromatic heterocycles. The number of nitrogens with zero attached hydrogens (tertiary/aromatic N) is 2. The summed E-state index contributed by atoms with van der Waals surface area (Å²) < 4.78 is 10.1. The summed E-state index contributed by atoms with van der Waals surface area (Å²) in [6.45, 7) is 4.97. The molecule has 2 heterocycles. The minimum Gasteiger partial charge on any atom is -0.461 e. The van der Waals surface area contributed by atoms with Gasteiger partial charge in [0.15, 0.2) is 10.8 Å². The maximum absolute atomic E-state index is 11.6. The normalized spacial score (nSPS) is 16.6. The van der Waals surface area contributed by atoms with Crippen LogP contribution in [0.1, 0.15) is 30.3 Å². The first-order valence-corrected chi connectivity index (χ1v) is 7.49. The number of hydrogen-bond acceptors (Lipinski definition) is 6. The zero-order chi connectivity index (χ0) is 13.7. The number of ether oxygens (including phenoxy) is 2. The van der Waals surface area contributed by atoms with E-state index in [0.717, 1.165) is 37.7 Å². The van der Waals surface area contributed by atoms with E-state index in [-0.39, 0.29) is 5.97 Å². The Hall–Kier alpha value is -1.14. The third kappa shape index (κ3) is 3.67. The Kier molecular flexibility index (Phi) is 5.15. The van der Waals surface area contributed by atoms with E-state index in [9.17, 15) is 4.79 Å². The number of thiazole rings is 1. The number of methoxy groups -OCH3 is 1. The van der Waals surface area contributed by atoms with Gasteiger partial charge in [-0.15, -0.1) is 11.3 Å². The molecule has 0 N–H and O–H groups in total. The van der Waals surface area contributed by atoms with E-state index >= 15 is 0 Å². The number of anilines is 1. The number of hydrogen-bond donors (Lipinski definition) is 0. The molecular weight excluding hydrogens is 264 g/mol. The number of rotatable bonds is 5. The van der Waals surface area contributed by atoms with E-state index in [1.54, 1.807) is 19.4 Å². The lowest BCUT2D eigenvalue weighted by molar-refractivity contribution is 0.0520. The van der Waals surface area contributed by atoms with Crippen molar-refractivity contribution in [1.82, 2.24) is 4.98 Å². The SMILES string of the molecule is CCOC(=O)c1csc(N2CCC(COC)CC2)n1. The average molecular weight is 284 g/mol. The van der Waals surface area contributed by atoms with Crippen molar-refractivity contribution in [3.63, 3.8) is 0 Å². The minimum atomic E-state index is -0.334. The van der Waals surface area contributed by atoms with Crippen molar-refractivity contribution in [3.05, 3.63) is 11.1 Å². The molecule has 106 valence electrons. The average Bonchev–Trinajstić information content (AvgIpc) is 2.90. The predicted octanol–water partition coefficient (Wildman–Crippen LogP) is 2.18. The van der Waals surface area contributed by atoms with Gasteiger partial charge in [-0.05, 0) is 25.7 Å². The third-order valence-corrected chi connectivity index (χ3v) is 4.17. The topological polar surface area (TPSA) is 51.7 Å². The molecule has 0 spiro atoms. The molecule has 1 aliphatic rings. The summed E-state index contributed by atoms with van der Waals surface area (Å²) in [5, 5.41) is 2.69. The molecule has 0 aliphatic carbocycles. The molecule has 1 saturated heterocycles. The van der Waals surface area contributed by atoms with Crippen LogP contribution in [0, 0.1) is 5.92 Å². The van der Waals surface area contributed by atoms with Gasteiger partial charge in [0.1, 0.15) is 0 Å². The van der Waals surface area contributed by atoms with Gasteiger partial charge in [-0.3, -0.25) is 0 Å². The van der Waals surface area contributed by atoms with Crippen LogP contribution < -0.4 is 4.90 Å². The largest absolute Gasteiger partial charge is 0.461 e. The molecule has 0 bridgehead atoms. The van der Waals surface area contributed by atoms with E-state index in [2.05, 4.69) is 9.88 Å². The molecule has 0 aromatic carbocycles. The van der Waals surface area contributed by atoms with E-state index in [0.29, 0.717) is 18.2 Å². The second-order valence-electron chi connectivity index (χ2n) is 4.62. The first-order valence-electron chi connectivity index (χ1n) is 6.61. The summed E-state index contributed by atoms with van der Waals surface area (Å²) in [6, 6.07) is 0. The van der Waals surface area contributed by atoms with Crippen LogP contribution in [0.2, 0.25) is 0 Å². The lowest BCUT2D eigenvalue weighted by Gasteiger charge is -2.31. The van der Waals surface area contributed by atoms with Gasteiger partial charge in [0.05, 0.1) is 6.61 Å². The van der Waals surface area contributed by atoms with Crippen molar-refractivity contribution in [2.75, 3.05) is 38.3 Å². The summed E-state index contributed by atoms with van der Waals surface area (Å²) in [4.78, 5) is 18.2. The number of carbonyl (C=O) groups is 1. The fourth-order valence-electron chi connectivity index (χ4n) is 2.23. The highest BCUT2D eigenvalue weighted by molar-refractivity contribution is 7.13. The molecule has 0 radical (unpaired) electrons. The van der Waals surface area contributed by atoms with Crippen LogP contribution in [0.25, 0.3) is 0 Å². The molecule has 1 aliphatic heterocycles. The Balaban J connectivity index is 1.91. The zero-order valence-corrected chi connectivity index (χ0v) is 12.2. The van der Waals surface area contributed by atoms with E-state index in [1.807, 2.05) is 0 Å².